The van der Waals surface area contributed by atoms with Crippen molar-refractivity contribution < 1.29 is 4.79 Å². The van der Waals surface area contributed by atoms with E-state index in [0.29, 0.717) is 21.5 Å². The highest BCUT2D eigenvalue weighted by molar-refractivity contribution is 6.36. The Labute approximate surface area is 122 Å². The molecule has 0 saturated carbocycles. The van der Waals surface area contributed by atoms with Gasteiger partial charge < -0.3 is 0 Å². The molecule has 1 atom stereocenters. The smallest absolute Gasteiger partial charge is 0.267 e. The molecule has 0 aliphatic heterocycles. The van der Waals surface area contributed by atoms with Crippen LogP contribution in [0.15, 0.2) is 35.5 Å². The van der Waals surface area contributed by atoms with Gasteiger partial charge in [-0.2, -0.15) is 5.10 Å². The molecule has 1 aliphatic rings. The lowest BCUT2D eigenvalue weighted by Gasteiger charge is -2.11. The fourth-order valence-corrected chi connectivity index (χ4v) is 2.38. The predicted molar refractivity (Wildman–Crippen MR) is 78.9 cm³/mol. The summed E-state index contributed by atoms with van der Waals surface area (Å²) in [6.45, 7) is 0. The number of carbonyl (C=O) groups is 1. The summed E-state index contributed by atoms with van der Waals surface area (Å²) in [5.41, 5.74) is 2.85. The molecule has 0 spiro atoms. The number of hydrogen-bond donors (Lipinski definition) is 1. The topological polar surface area (TPSA) is 41.5 Å². The number of nitrogens with zero attached hydrogens (tertiary/aromatic N) is 1. The molecular formula is C14H14Cl2N2O. The van der Waals surface area contributed by atoms with E-state index in [1.54, 1.807) is 18.3 Å². The molecule has 0 saturated heterocycles. The molecule has 0 fully saturated rings. The van der Waals surface area contributed by atoms with Gasteiger partial charge in [-0.05, 0) is 43.4 Å². The van der Waals surface area contributed by atoms with Crippen LogP contribution in [0.4, 0.5) is 0 Å². The molecule has 0 heterocycles. The van der Waals surface area contributed by atoms with Crippen LogP contribution >= 0.6 is 23.2 Å². The van der Waals surface area contributed by atoms with E-state index in [0.717, 1.165) is 19.3 Å². The average Bonchev–Trinajstić information content (AvgIpc) is 2.39. The second kappa shape index (κ2) is 6.73. The van der Waals surface area contributed by atoms with Crippen molar-refractivity contribution in [3.8, 4) is 0 Å². The monoisotopic (exact) mass is 296 g/mol. The van der Waals surface area contributed by atoms with Gasteiger partial charge in [0.25, 0.3) is 5.91 Å². The van der Waals surface area contributed by atoms with Gasteiger partial charge in [0.15, 0.2) is 0 Å². The summed E-state index contributed by atoms with van der Waals surface area (Å²) in [7, 11) is 0. The largest absolute Gasteiger partial charge is 0.272 e. The fourth-order valence-electron chi connectivity index (χ4n) is 1.89. The molecule has 1 amide bonds. The Morgan fingerprint density at radius 3 is 2.89 bits per heavy atom. The Morgan fingerprint density at radius 1 is 1.37 bits per heavy atom. The minimum atomic E-state index is -0.329. The molecule has 5 heteroatoms. The van der Waals surface area contributed by atoms with E-state index in [1.165, 1.54) is 6.07 Å². The van der Waals surface area contributed by atoms with Crippen LogP contribution in [0.25, 0.3) is 0 Å². The molecule has 0 bridgehead atoms. The molecule has 0 radical (unpaired) electrons. The second-order valence-electron chi connectivity index (χ2n) is 4.39. The first-order chi connectivity index (χ1) is 9.16. The SMILES string of the molecule is O=C(N/N=C/C1CC=CCC1)c1ccc(Cl)cc1Cl. The standard InChI is InChI=1S/C14H14Cl2N2O/c15-11-6-7-12(13(16)8-11)14(19)18-17-9-10-4-2-1-3-5-10/h1-2,6-10H,3-5H2,(H,18,19)/b17-9+. The number of nitrogens with one attached hydrogen (secondary N) is 1. The van der Waals surface area contributed by atoms with Gasteiger partial charge >= 0.3 is 0 Å². The van der Waals surface area contributed by atoms with Gasteiger partial charge in [0, 0.05) is 11.2 Å². The third-order valence-electron chi connectivity index (χ3n) is 2.94. The first-order valence-electron chi connectivity index (χ1n) is 6.10. The molecule has 1 aromatic carbocycles. The lowest BCUT2D eigenvalue weighted by molar-refractivity contribution is 0.0955. The number of amides is 1. The Kier molecular flexibility index (Phi) is 5.00. The first-order valence-corrected chi connectivity index (χ1v) is 6.86. The van der Waals surface area contributed by atoms with E-state index in [1.807, 2.05) is 0 Å². The van der Waals surface area contributed by atoms with Crippen molar-refractivity contribution in [2.45, 2.75) is 19.3 Å². The van der Waals surface area contributed by atoms with Crippen LogP contribution in [0, 0.1) is 5.92 Å². The summed E-state index contributed by atoms with van der Waals surface area (Å²) in [6.07, 6.45) is 9.19. The number of hydrazone groups is 1. The first kappa shape index (κ1) is 14.1. The Morgan fingerprint density at radius 2 is 2.21 bits per heavy atom. The van der Waals surface area contributed by atoms with Crippen molar-refractivity contribution in [3.05, 3.63) is 46.0 Å². The molecule has 1 unspecified atom stereocenters. The quantitative estimate of drug-likeness (QED) is 0.510. The third kappa shape index (κ3) is 4.08. The van der Waals surface area contributed by atoms with Gasteiger partial charge in [-0.25, -0.2) is 5.43 Å². The zero-order chi connectivity index (χ0) is 13.7. The summed E-state index contributed by atoms with van der Waals surface area (Å²) in [5.74, 6) is 0.0651. The second-order valence-corrected chi connectivity index (χ2v) is 5.23. The van der Waals surface area contributed by atoms with Crippen molar-refractivity contribution in [2.24, 2.45) is 11.0 Å². The molecular weight excluding hydrogens is 283 g/mol. The van der Waals surface area contributed by atoms with Crippen LogP contribution in [0.2, 0.25) is 10.0 Å². The minimum absolute atomic E-state index is 0.320. The van der Waals surface area contributed by atoms with E-state index in [-0.39, 0.29) is 5.91 Å². The van der Waals surface area contributed by atoms with E-state index in [9.17, 15) is 4.79 Å². The molecule has 1 N–H and O–H groups in total. The van der Waals surface area contributed by atoms with E-state index >= 15 is 0 Å². The number of hydrogen-bond acceptors (Lipinski definition) is 2. The zero-order valence-electron chi connectivity index (χ0n) is 10.3. The third-order valence-corrected chi connectivity index (χ3v) is 3.48. The molecule has 2 rings (SSSR count). The molecule has 1 aromatic rings. The van der Waals surface area contributed by atoms with Gasteiger partial charge in [0.2, 0.25) is 0 Å². The average molecular weight is 297 g/mol. The zero-order valence-corrected chi connectivity index (χ0v) is 11.8. The minimum Gasteiger partial charge on any atom is -0.267 e. The van der Waals surface area contributed by atoms with Crippen LogP contribution in [0.1, 0.15) is 29.6 Å². The van der Waals surface area contributed by atoms with E-state index in [2.05, 4.69) is 22.7 Å². The van der Waals surface area contributed by atoms with Crippen molar-refractivity contribution >= 4 is 35.3 Å². The van der Waals surface area contributed by atoms with E-state index in [4.69, 9.17) is 23.2 Å². The van der Waals surface area contributed by atoms with Gasteiger partial charge in [-0.15, -0.1) is 0 Å². The van der Waals surface area contributed by atoms with Crippen LogP contribution in [-0.2, 0) is 0 Å². The highest BCUT2D eigenvalue weighted by Crippen LogP contribution is 2.21. The summed E-state index contributed by atoms with van der Waals surface area (Å²) < 4.78 is 0. The lowest BCUT2D eigenvalue weighted by atomic mass is 9.96. The van der Waals surface area contributed by atoms with Crippen LogP contribution in [0.5, 0.6) is 0 Å². The van der Waals surface area contributed by atoms with Crippen LogP contribution in [-0.4, -0.2) is 12.1 Å². The summed E-state index contributed by atoms with van der Waals surface area (Å²) in [4.78, 5) is 11.9. The highest BCUT2D eigenvalue weighted by Gasteiger charge is 2.10. The van der Waals surface area contributed by atoms with Crippen LogP contribution < -0.4 is 5.43 Å². The van der Waals surface area contributed by atoms with Crippen molar-refractivity contribution in [1.29, 1.82) is 0 Å². The summed E-state index contributed by atoms with van der Waals surface area (Å²) >= 11 is 11.7. The lowest BCUT2D eigenvalue weighted by Crippen LogP contribution is -2.19. The summed E-state index contributed by atoms with van der Waals surface area (Å²) in [5, 5.41) is 4.80. The van der Waals surface area contributed by atoms with Crippen LogP contribution in [0.3, 0.4) is 0 Å². The Bertz CT molecular complexity index is 526. The normalized spacial score (nSPS) is 18.7. The van der Waals surface area contributed by atoms with Crippen molar-refractivity contribution in [3.63, 3.8) is 0 Å². The molecule has 0 aromatic heterocycles. The number of allylic oxidation sites excluding steroid dienone is 2. The van der Waals surface area contributed by atoms with Gasteiger partial charge in [0.1, 0.15) is 0 Å². The summed E-state index contributed by atoms with van der Waals surface area (Å²) in [6, 6.07) is 4.74. The maximum atomic E-state index is 11.9. The van der Waals surface area contributed by atoms with Crippen molar-refractivity contribution in [1.82, 2.24) is 5.43 Å². The molecule has 100 valence electrons. The van der Waals surface area contributed by atoms with Gasteiger partial charge in [-0.1, -0.05) is 35.4 Å². The molecule has 3 nitrogen and oxygen atoms in total. The Balaban J connectivity index is 1.93. The number of halogens is 2. The number of benzene rings is 1. The van der Waals surface area contributed by atoms with Crippen molar-refractivity contribution in [2.75, 3.05) is 0 Å². The predicted octanol–water partition coefficient (Wildman–Crippen LogP) is 4.07. The molecule has 19 heavy (non-hydrogen) atoms. The van der Waals surface area contributed by atoms with E-state index < -0.39 is 0 Å². The number of rotatable bonds is 3. The molecule has 1 aliphatic carbocycles. The Hall–Kier alpha value is -1.32. The highest BCUT2D eigenvalue weighted by atomic mass is 35.5. The maximum absolute atomic E-state index is 11.9. The van der Waals surface area contributed by atoms with Gasteiger partial charge in [0.05, 0.1) is 10.6 Å². The van der Waals surface area contributed by atoms with Gasteiger partial charge in [-0.3, -0.25) is 4.79 Å². The fraction of sp³-hybridized carbons (Fsp3) is 0.286. The maximum Gasteiger partial charge on any atom is 0.272 e. The number of carbonyl (C=O) groups excluding carboxylic acids is 1.